The van der Waals surface area contributed by atoms with Crippen molar-refractivity contribution in [1.29, 1.82) is 0 Å². The maximum absolute atomic E-state index is 12.3. The van der Waals surface area contributed by atoms with Gasteiger partial charge in [-0.05, 0) is 77.0 Å². The van der Waals surface area contributed by atoms with Crippen molar-refractivity contribution in [2.24, 2.45) is 0 Å². The zero-order valence-electron chi connectivity index (χ0n) is 26.6. The van der Waals surface area contributed by atoms with E-state index in [0.29, 0.717) is 12.8 Å². The number of unbranched alkanes of at least 4 members (excludes halogenated alkanes) is 10. The first-order valence-electron chi connectivity index (χ1n) is 16.8. The van der Waals surface area contributed by atoms with Gasteiger partial charge in [0.05, 0.1) is 0 Å². The second kappa shape index (κ2) is 32.2. The van der Waals surface area contributed by atoms with Crippen molar-refractivity contribution < 1.29 is 19.4 Å². The number of carbonyl (C=O) groups is 2. The van der Waals surface area contributed by atoms with Gasteiger partial charge in [-0.15, -0.1) is 0 Å². The monoisotopic (exact) mass is 570 g/mol. The minimum atomic E-state index is -0.690. The molecule has 0 heterocycles. The molecule has 0 aromatic heterocycles. The van der Waals surface area contributed by atoms with Gasteiger partial charge >= 0.3 is 11.9 Å². The van der Waals surface area contributed by atoms with Crippen LogP contribution in [-0.2, 0) is 14.3 Å². The van der Waals surface area contributed by atoms with Crippen LogP contribution in [0.3, 0.4) is 0 Å². The molecule has 1 atom stereocenters. The Hall–Kier alpha value is -2.36. The summed E-state index contributed by atoms with van der Waals surface area (Å²) in [6.45, 7) is 4.31. The number of rotatable bonds is 29. The molecule has 0 amide bonds. The quantitative estimate of drug-likeness (QED) is 0.0552. The van der Waals surface area contributed by atoms with Gasteiger partial charge in [-0.2, -0.15) is 0 Å². The van der Waals surface area contributed by atoms with Gasteiger partial charge in [0.2, 0.25) is 0 Å². The van der Waals surface area contributed by atoms with Crippen molar-refractivity contribution in [3.63, 3.8) is 0 Å². The van der Waals surface area contributed by atoms with Crippen molar-refractivity contribution in [3.05, 3.63) is 60.8 Å². The van der Waals surface area contributed by atoms with Gasteiger partial charge in [0, 0.05) is 12.8 Å². The molecule has 0 rings (SSSR count). The summed E-state index contributed by atoms with van der Waals surface area (Å²) in [7, 11) is 0. The van der Waals surface area contributed by atoms with E-state index in [4.69, 9.17) is 9.84 Å². The molecule has 0 bridgehead atoms. The standard InChI is InChI=1S/C37H62O4/c1-3-5-6-7-8-9-10-11-12-13-14-15-16-17-18-19-24-27-30-34-37(40)41-35(31-4-2)32-28-25-22-20-21-23-26-29-33-36(38)39/h5-6,8-9,11-12,14-15,17-18,35H,3-4,7,10,13,16,19-34H2,1-2H3,(H,38,39)/b6-5-,9-8-,12-11-,15-14-,18-17-. The fourth-order valence-electron chi connectivity index (χ4n) is 4.61. The molecule has 0 radical (unpaired) electrons. The lowest BCUT2D eigenvalue weighted by Crippen LogP contribution is -2.18. The zero-order valence-corrected chi connectivity index (χ0v) is 26.6. The number of carboxylic acid groups (broad SMARTS) is 1. The molecular formula is C37H62O4. The number of hydrogen-bond acceptors (Lipinski definition) is 3. The largest absolute Gasteiger partial charge is 0.481 e. The van der Waals surface area contributed by atoms with E-state index in [0.717, 1.165) is 103 Å². The predicted octanol–water partition coefficient (Wildman–Crippen LogP) is 11.4. The fourth-order valence-corrected chi connectivity index (χ4v) is 4.61. The van der Waals surface area contributed by atoms with E-state index in [1.165, 1.54) is 25.7 Å². The highest BCUT2D eigenvalue weighted by molar-refractivity contribution is 5.69. The van der Waals surface area contributed by atoms with Gasteiger partial charge in [-0.25, -0.2) is 0 Å². The first-order valence-corrected chi connectivity index (χ1v) is 16.8. The van der Waals surface area contributed by atoms with E-state index in [1.54, 1.807) is 0 Å². The van der Waals surface area contributed by atoms with Crippen LogP contribution in [0, 0.1) is 0 Å². The van der Waals surface area contributed by atoms with Crippen molar-refractivity contribution in [2.45, 2.75) is 161 Å². The van der Waals surface area contributed by atoms with Crippen LogP contribution in [0.4, 0.5) is 0 Å². The van der Waals surface area contributed by atoms with E-state index in [9.17, 15) is 9.59 Å². The minimum Gasteiger partial charge on any atom is -0.481 e. The van der Waals surface area contributed by atoms with E-state index in [2.05, 4.69) is 74.6 Å². The topological polar surface area (TPSA) is 63.6 Å². The van der Waals surface area contributed by atoms with Crippen LogP contribution in [-0.4, -0.2) is 23.1 Å². The van der Waals surface area contributed by atoms with Crippen molar-refractivity contribution in [1.82, 2.24) is 0 Å². The van der Waals surface area contributed by atoms with Crippen LogP contribution in [0.2, 0.25) is 0 Å². The smallest absolute Gasteiger partial charge is 0.306 e. The number of ether oxygens (including phenoxy) is 1. The minimum absolute atomic E-state index is 0.0281. The molecule has 234 valence electrons. The molecule has 0 fully saturated rings. The summed E-state index contributed by atoms with van der Waals surface area (Å²) in [4.78, 5) is 22.8. The number of carboxylic acids is 1. The maximum Gasteiger partial charge on any atom is 0.306 e. The molecule has 1 N–H and O–H groups in total. The lowest BCUT2D eigenvalue weighted by atomic mass is 10.0. The third-order valence-electron chi connectivity index (χ3n) is 6.98. The highest BCUT2D eigenvalue weighted by atomic mass is 16.5. The normalized spacial score (nSPS) is 13.0. The summed E-state index contributed by atoms with van der Waals surface area (Å²) in [5, 5.41) is 8.66. The van der Waals surface area contributed by atoms with Crippen LogP contribution < -0.4 is 0 Å². The number of hydrogen-bond donors (Lipinski definition) is 1. The molecule has 0 aromatic rings. The molecule has 0 aliphatic rings. The number of aliphatic carboxylic acids is 1. The maximum atomic E-state index is 12.3. The Morgan fingerprint density at radius 1 is 0.561 bits per heavy atom. The second-order valence-electron chi connectivity index (χ2n) is 11.0. The van der Waals surface area contributed by atoms with E-state index in [-0.39, 0.29) is 12.1 Å². The molecule has 4 heteroatoms. The van der Waals surface area contributed by atoms with E-state index < -0.39 is 5.97 Å². The van der Waals surface area contributed by atoms with E-state index in [1.807, 2.05) is 0 Å². The van der Waals surface area contributed by atoms with Crippen LogP contribution in [0.25, 0.3) is 0 Å². The van der Waals surface area contributed by atoms with Gasteiger partial charge in [0.25, 0.3) is 0 Å². The Balaban J connectivity index is 3.70. The number of allylic oxidation sites excluding steroid dienone is 10. The lowest BCUT2D eigenvalue weighted by Gasteiger charge is -2.17. The SMILES string of the molecule is CC/C=C\C/C=C\C/C=C\C/C=C\C/C=C\CCCCCC(=O)OC(CCC)CCCCCCCCCCC(=O)O. The zero-order chi connectivity index (χ0) is 30.1. The average Bonchev–Trinajstić information content (AvgIpc) is 2.95. The Labute approximate surface area is 253 Å². The molecule has 1 unspecified atom stereocenters. The van der Waals surface area contributed by atoms with Crippen LogP contribution >= 0.6 is 0 Å². The summed E-state index contributed by atoms with van der Waals surface area (Å²) < 4.78 is 5.80. The van der Waals surface area contributed by atoms with Crippen molar-refractivity contribution in [2.75, 3.05) is 0 Å². The molecule has 0 spiro atoms. The summed E-state index contributed by atoms with van der Waals surface area (Å²) in [6.07, 6.45) is 44.3. The first kappa shape index (κ1) is 38.6. The third-order valence-corrected chi connectivity index (χ3v) is 6.98. The first-order chi connectivity index (χ1) is 20.1. The molecule has 0 aliphatic heterocycles. The molecule has 0 saturated carbocycles. The molecule has 4 nitrogen and oxygen atoms in total. The lowest BCUT2D eigenvalue weighted by molar-refractivity contribution is -0.150. The molecule has 0 aromatic carbocycles. The Morgan fingerprint density at radius 2 is 1.02 bits per heavy atom. The highest BCUT2D eigenvalue weighted by Gasteiger charge is 2.13. The summed E-state index contributed by atoms with van der Waals surface area (Å²) >= 11 is 0. The fraction of sp³-hybridized carbons (Fsp3) is 0.676. The highest BCUT2D eigenvalue weighted by Crippen LogP contribution is 2.16. The molecule has 0 saturated heterocycles. The van der Waals surface area contributed by atoms with Crippen molar-refractivity contribution >= 4 is 11.9 Å². The molecular weight excluding hydrogens is 508 g/mol. The summed E-state index contributed by atoms with van der Waals surface area (Å²) in [5.74, 6) is -0.718. The average molecular weight is 571 g/mol. The van der Waals surface area contributed by atoms with Gasteiger partial charge in [0.1, 0.15) is 6.10 Å². The number of esters is 1. The number of carbonyl (C=O) groups excluding carboxylic acids is 1. The second-order valence-corrected chi connectivity index (χ2v) is 11.0. The summed E-state index contributed by atoms with van der Waals surface area (Å²) in [6, 6.07) is 0. The Bertz CT molecular complexity index is 744. The molecule has 0 aliphatic carbocycles. The van der Waals surface area contributed by atoms with Crippen LogP contribution in [0.15, 0.2) is 60.8 Å². The van der Waals surface area contributed by atoms with Gasteiger partial charge in [-0.3, -0.25) is 9.59 Å². The summed E-state index contributed by atoms with van der Waals surface area (Å²) in [5.41, 5.74) is 0. The molecule has 41 heavy (non-hydrogen) atoms. The Morgan fingerprint density at radius 3 is 1.56 bits per heavy atom. The van der Waals surface area contributed by atoms with Gasteiger partial charge < -0.3 is 9.84 Å². The predicted molar refractivity (Wildman–Crippen MR) is 176 cm³/mol. The third kappa shape index (κ3) is 32.0. The van der Waals surface area contributed by atoms with Crippen molar-refractivity contribution in [3.8, 4) is 0 Å². The van der Waals surface area contributed by atoms with Gasteiger partial charge in [0.15, 0.2) is 0 Å². The van der Waals surface area contributed by atoms with Crippen LogP contribution in [0.1, 0.15) is 155 Å². The van der Waals surface area contributed by atoms with Gasteiger partial charge in [-0.1, -0.05) is 126 Å². The van der Waals surface area contributed by atoms with E-state index >= 15 is 0 Å². The Kier molecular flexibility index (Phi) is 30.3. The van der Waals surface area contributed by atoms with Crippen LogP contribution in [0.5, 0.6) is 0 Å².